The van der Waals surface area contributed by atoms with Gasteiger partial charge in [0.2, 0.25) is 5.91 Å². The van der Waals surface area contributed by atoms with Crippen molar-refractivity contribution in [2.24, 2.45) is 5.92 Å². The lowest BCUT2D eigenvalue weighted by molar-refractivity contribution is -0.134. The summed E-state index contributed by atoms with van der Waals surface area (Å²) >= 11 is 0. The van der Waals surface area contributed by atoms with Gasteiger partial charge in [0.1, 0.15) is 11.9 Å². The van der Waals surface area contributed by atoms with Crippen LogP contribution in [-0.4, -0.2) is 29.4 Å². The first-order valence-electron chi connectivity index (χ1n) is 9.52. The fourth-order valence-electron chi connectivity index (χ4n) is 2.88. The quantitative estimate of drug-likeness (QED) is 0.728. The maximum Gasteiger partial charge on any atom is 0.315 e. The second-order valence-corrected chi connectivity index (χ2v) is 7.02. The first-order chi connectivity index (χ1) is 13.4. The number of rotatable bonds is 8. The highest BCUT2D eigenvalue weighted by Gasteiger charge is 2.28. The zero-order valence-electron chi connectivity index (χ0n) is 16.6. The Kier molecular flexibility index (Phi) is 7.99. The number of nitrogens with zero attached hydrogens (tertiary/aromatic N) is 1. The van der Waals surface area contributed by atoms with Crippen molar-refractivity contribution in [2.75, 3.05) is 6.54 Å². The topological polar surface area (TPSA) is 61.4 Å². The van der Waals surface area contributed by atoms with Crippen LogP contribution in [0, 0.1) is 11.7 Å². The molecule has 2 aromatic carbocycles. The van der Waals surface area contributed by atoms with Gasteiger partial charge in [0, 0.05) is 19.6 Å². The Morgan fingerprint density at radius 1 is 1.04 bits per heavy atom. The molecule has 150 valence electrons. The molecule has 5 nitrogen and oxygen atoms in total. The Balaban J connectivity index is 1.99. The van der Waals surface area contributed by atoms with Gasteiger partial charge in [-0.2, -0.15) is 0 Å². The van der Waals surface area contributed by atoms with E-state index in [9.17, 15) is 14.0 Å². The fraction of sp³-hybridized carbons (Fsp3) is 0.364. The summed E-state index contributed by atoms with van der Waals surface area (Å²) in [4.78, 5) is 26.9. The molecule has 0 saturated heterocycles. The van der Waals surface area contributed by atoms with E-state index in [2.05, 4.69) is 10.6 Å². The van der Waals surface area contributed by atoms with Gasteiger partial charge in [-0.1, -0.05) is 56.3 Å². The number of hydrogen-bond acceptors (Lipinski definition) is 2. The van der Waals surface area contributed by atoms with Crippen molar-refractivity contribution in [3.05, 3.63) is 71.5 Å². The first-order valence-corrected chi connectivity index (χ1v) is 9.52. The molecule has 2 aromatic rings. The summed E-state index contributed by atoms with van der Waals surface area (Å²) in [5.41, 5.74) is 1.69. The number of urea groups is 1. The molecule has 0 bridgehead atoms. The van der Waals surface area contributed by atoms with E-state index in [0.717, 1.165) is 5.56 Å². The van der Waals surface area contributed by atoms with Crippen molar-refractivity contribution < 1.29 is 14.0 Å². The first kappa shape index (κ1) is 21.4. The second kappa shape index (κ2) is 10.4. The number of halogens is 1. The van der Waals surface area contributed by atoms with Gasteiger partial charge < -0.3 is 15.5 Å². The largest absolute Gasteiger partial charge is 0.337 e. The Morgan fingerprint density at radius 3 is 2.32 bits per heavy atom. The summed E-state index contributed by atoms with van der Waals surface area (Å²) < 4.78 is 13.4. The van der Waals surface area contributed by atoms with E-state index in [0.29, 0.717) is 25.2 Å². The van der Waals surface area contributed by atoms with Crippen molar-refractivity contribution >= 4 is 11.9 Å². The molecule has 0 spiro atoms. The Hall–Kier alpha value is -2.89. The van der Waals surface area contributed by atoms with Crippen LogP contribution >= 0.6 is 0 Å². The van der Waals surface area contributed by atoms with Crippen LogP contribution in [0.5, 0.6) is 0 Å². The van der Waals surface area contributed by atoms with Gasteiger partial charge in [0.05, 0.1) is 0 Å². The van der Waals surface area contributed by atoms with E-state index in [-0.39, 0.29) is 17.6 Å². The lowest BCUT2D eigenvalue weighted by Gasteiger charge is -2.29. The molecule has 0 heterocycles. The number of amides is 3. The highest BCUT2D eigenvalue weighted by Crippen LogP contribution is 2.12. The number of nitrogens with one attached hydrogen (secondary N) is 2. The molecule has 0 aliphatic rings. The van der Waals surface area contributed by atoms with Crippen LogP contribution in [0.3, 0.4) is 0 Å². The summed E-state index contributed by atoms with van der Waals surface area (Å²) in [7, 11) is 0. The molecule has 28 heavy (non-hydrogen) atoms. The lowest BCUT2D eigenvalue weighted by atomic mass is 10.0. The van der Waals surface area contributed by atoms with Crippen LogP contribution in [-0.2, 0) is 17.9 Å². The minimum atomic E-state index is -0.663. The van der Waals surface area contributed by atoms with Crippen molar-refractivity contribution in [3.63, 3.8) is 0 Å². The molecule has 0 aliphatic carbocycles. The molecular weight excluding hydrogens is 357 g/mol. The van der Waals surface area contributed by atoms with Gasteiger partial charge in [0.15, 0.2) is 0 Å². The number of likely N-dealkylation sites (N-methyl/N-ethyl adjacent to an activating group) is 1. The van der Waals surface area contributed by atoms with E-state index in [1.807, 2.05) is 51.1 Å². The monoisotopic (exact) mass is 385 g/mol. The van der Waals surface area contributed by atoms with Gasteiger partial charge in [-0.05, 0) is 36.1 Å². The average Bonchev–Trinajstić information content (AvgIpc) is 2.69. The molecule has 1 atom stereocenters. The molecule has 0 saturated carbocycles. The minimum Gasteiger partial charge on any atom is -0.337 e. The Bertz CT molecular complexity index is 780. The van der Waals surface area contributed by atoms with Crippen LogP contribution in [0.1, 0.15) is 31.9 Å². The highest BCUT2D eigenvalue weighted by molar-refractivity contribution is 5.87. The van der Waals surface area contributed by atoms with E-state index in [1.165, 1.54) is 12.1 Å². The summed E-state index contributed by atoms with van der Waals surface area (Å²) in [5.74, 6) is -0.604. The SMILES string of the molecule is CCN(Cc1cccc(F)c1)C(=O)C(NC(=O)NCc1ccccc1)C(C)C. The van der Waals surface area contributed by atoms with E-state index >= 15 is 0 Å². The van der Waals surface area contributed by atoms with Crippen molar-refractivity contribution in [1.29, 1.82) is 0 Å². The fourth-order valence-corrected chi connectivity index (χ4v) is 2.88. The maximum absolute atomic E-state index is 13.4. The number of carbonyl (C=O) groups is 2. The summed E-state index contributed by atoms with van der Waals surface area (Å²) in [6.07, 6.45) is 0. The number of carbonyl (C=O) groups excluding carboxylic acids is 2. The zero-order chi connectivity index (χ0) is 20.5. The molecule has 0 fully saturated rings. The molecule has 2 rings (SSSR count). The Labute approximate surface area is 165 Å². The van der Waals surface area contributed by atoms with E-state index in [1.54, 1.807) is 17.0 Å². The molecule has 2 N–H and O–H groups in total. The summed E-state index contributed by atoms with van der Waals surface area (Å²) in [6.45, 7) is 6.78. The molecule has 0 radical (unpaired) electrons. The van der Waals surface area contributed by atoms with Crippen LogP contribution < -0.4 is 10.6 Å². The molecule has 6 heteroatoms. The van der Waals surface area contributed by atoms with Crippen molar-refractivity contribution in [1.82, 2.24) is 15.5 Å². The van der Waals surface area contributed by atoms with Crippen molar-refractivity contribution in [3.8, 4) is 0 Å². The second-order valence-electron chi connectivity index (χ2n) is 7.02. The van der Waals surface area contributed by atoms with E-state index < -0.39 is 12.1 Å². The third-order valence-electron chi connectivity index (χ3n) is 4.47. The van der Waals surface area contributed by atoms with Crippen LogP contribution in [0.2, 0.25) is 0 Å². The number of hydrogen-bond donors (Lipinski definition) is 2. The van der Waals surface area contributed by atoms with Crippen LogP contribution in [0.15, 0.2) is 54.6 Å². The van der Waals surface area contributed by atoms with Gasteiger partial charge >= 0.3 is 6.03 Å². The summed E-state index contributed by atoms with van der Waals surface area (Å²) in [5, 5.41) is 5.57. The van der Waals surface area contributed by atoms with Gasteiger partial charge in [0.25, 0.3) is 0 Å². The zero-order valence-corrected chi connectivity index (χ0v) is 16.6. The predicted molar refractivity (Wildman–Crippen MR) is 108 cm³/mol. The molecule has 0 aliphatic heterocycles. The maximum atomic E-state index is 13.4. The average molecular weight is 385 g/mol. The highest BCUT2D eigenvalue weighted by atomic mass is 19.1. The molecular formula is C22H28FN3O2. The van der Waals surface area contributed by atoms with Gasteiger partial charge in [-0.25, -0.2) is 9.18 Å². The smallest absolute Gasteiger partial charge is 0.315 e. The van der Waals surface area contributed by atoms with Crippen LogP contribution in [0.4, 0.5) is 9.18 Å². The number of benzene rings is 2. The van der Waals surface area contributed by atoms with Gasteiger partial charge in [-0.3, -0.25) is 4.79 Å². The third-order valence-corrected chi connectivity index (χ3v) is 4.47. The minimum absolute atomic E-state index is 0.0865. The Morgan fingerprint density at radius 2 is 1.71 bits per heavy atom. The molecule has 0 aromatic heterocycles. The summed E-state index contributed by atoms with van der Waals surface area (Å²) in [6, 6.07) is 14.7. The normalized spacial score (nSPS) is 11.8. The lowest BCUT2D eigenvalue weighted by Crippen LogP contribution is -2.53. The van der Waals surface area contributed by atoms with Crippen molar-refractivity contribution in [2.45, 2.75) is 39.9 Å². The van der Waals surface area contributed by atoms with Gasteiger partial charge in [-0.15, -0.1) is 0 Å². The predicted octanol–water partition coefficient (Wildman–Crippen LogP) is 3.70. The molecule has 3 amide bonds. The van der Waals surface area contributed by atoms with E-state index in [4.69, 9.17) is 0 Å². The standard InChI is InChI=1S/C22H28FN3O2/c1-4-26(15-18-11-8-12-19(23)13-18)21(27)20(16(2)3)25-22(28)24-14-17-9-6-5-7-10-17/h5-13,16,20H,4,14-15H2,1-3H3,(H2,24,25,28). The van der Waals surface area contributed by atoms with Crippen LogP contribution in [0.25, 0.3) is 0 Å². The molecule has 1 unspecified atom stereocenters. The third kappa shape index (κ3) is 6.37.